The number of rotatable bonds is 5. The van der Waals surface area contributed by atoms with Crippen LogP contribution in [0.25, 0.3) is 0 Å². The molecule has 0 heterocycles. The third kappa shape index (κ3) is 4.89. The molecule has 0 saturated heterocycles. The monoisotopic (exact) mass is 333 g/mol. The summed E-state index contributed by atoms with van der Waals surface area (Å²) in [6, 6.07) is 13.3. The normalized spacial score (nSPS) is 10.3. The molecule has 0 spiro atoms. The standard InChI is InChI=1S/C18H20ClNO3/c1-13-11-16(12-14(2)17(13)19)23-18(21)22-10-9-20(3)15-7-5-4-6-8-15/h4-8,11-12H,9-10H2,1-3H3. The van der Waals surface area contributed by atoms with E-state index in [0.29, 0.717) is 17.3 Å². The van der Waals surface area contributed by atoms with Gasteiger partial charge in [0, 0.05) is 17.8 Å². The van der Waals surface area contributed by atoms with Gasteiger partial charge >= 0.3 is 6.16 Å². The van der Waals surface area contributed by atoms with E-state index in [9.17, 15) is 4.79 Å². The highest BCUT2D eigenvalue weighted by atomic mass is 35.5. The summed E-state index contributed by atoms with van der Waals surface area (Å²) in [6.45, 7) is 4.55. The van der Waals surface area contributed by atoms with Crippen LogP contribution in [-0.2, 0) is 4.74 Å². The molecule has 0 aromatic heterocycles. The Hall–Kier alpha value is -2.20. The molecule has 4 nitrogen and oxygen atoms in total. The number of anilines is 1. The molecule has 23 heavy (non-hydrogen) atoms. The number of carbonyl (C=O) groups is 1. The number of hydrogen-bond donors (Lipinski definition) is 0. The maximum Gasteiger partial charge on any atom is 0.513 e. The number of likely N-dealkylation sites (N-methyl/N-ethyl adjacent to an activating group) is 1. The van der Waals surface area contributed by atoms with Gasteiger partial charge in [-0.2, -0.15) is 0 Å². The van der Waals surface area contributed by atoms with Crippen LogP contribution >= 0.6 is 11.6 Å². The molecule has 0 bridgehead atoms. The summed E-state index contributed by atoms with van der Waals surface area (Å²) in [5, 5.41) is 0.676. The minimum absolute atomic E-state index is 0.246. The van der Waals surface area contributed by atoms with Crippen LogP contribution in [0.2, 0.25) is 5.02 Å². The SMILES string of the molecule is Cc1cc(OC(=O)OCCN(C)c2ccccc2)cc(C)c1Cl. The Bertz CT molecular complexity index is 650. The van der Waals surface area contributed by atoms with Crippen molar-refractivity contribution in [1.82, 2.24) is 0 Å². The van der Waals surface area contributed by atoms with Gasteiger partial charge in [-0.25, -0.2) is 4.79 Å². The van der Waals surface area contributed by atoms with Gasteiger partial charge in [0.1, 0.15) is 12.4 Å². The van der Waals surface area contributed by atoms with Crippen LogP contribution < -0.4 is 9.64 Å². The zero-order chi connectivity index (χ0) is 16.8. The number of benzene rings is 2. The zero-order valence-electron chi connectivity index (χ0n) is 13.5. The van der Waals surface area contributed by atoms with E-state index in [1.54, 1.807) is 12.1 Å². The van der Waals surface area contributed by atoms with Gasteiger partial charge in [0.2, 0.25) is 0 Å². The number of para-hydroxylation sites is 1. The first-order chi connectivity index (χ1) is 11.0. The molecule has 122 valence electrons. The fourth-order valence-electron chi connectivity index (χ4n) is 2.17. The van der Waals surface area contributed by atoms with Crippen molar-refractivity contribution in [2.75, 3.05) is 25.1 Å². The largest absolute Gasteiger partial charge is 0.513 e. The second kappa shape index (κ2) is 7.88. The van der Waals surface area contributed by atoms with Crippen molar-refractivity contribution in [3.8, 4) is 5.75 Å². The van der Waals surface area contributed by atoms with Crippen molar-refractivity contribution in [3.05, 3.63) is 58.6 Å². The van der Waals surface area contributed by atoms with Crippen LogP contribution in [0, 0.1) is 13.8 Å². The lowest BCUT2D eigenvalue weighted by Crippen LogP contribution is -2.24. The quantitative estimate of drug-likeness (QED) is 0.591. The van der Waals surface area contributed by atoms with E-state index in [1.807, 2.05) is 56.1 Å². The predicted octanol–water partition coefficient (Wildman–Crippen LogP) is 4.61. The molecule has 0 radical (unpaired) electrons. The van der Waals surface area contributed by atoms with E-state index < -0.39 is 6.16 Å². The molecule has 0 saturated carbocycles. The van der Waals surface area contributed by atoms with E-state index in [4.69, 9.17) is 21.1 Å². The molecule has 5 heteroatoms. The van der Waals surface area contributed by atoms with Gasteiger partial charge in [0.05, 0.1) is 6.54 Å². The summed E-state index contributed by atoms with van der Waals surface area (Å²) in [5.41, 5.74) is 2.78. The molecule has 0 fully saturated rings. The van der Waals surface area contributed by atoms with E-state index in [1.165, 1.54) is 0 Å². The number of halogens is 1. The zero-order valence-corrected chi connectivity index (χ0v) is 14.3. The molecule has 0 N–H and O–H groups in total. The van der Waals surface area contributed by atoms with Gasteiger partial charge in [0.25, 0.3) is 0 Å². The van der Waals surface area contributed by atoms with Crippen molar-refractivity contribution in [1.29, 1.82) is 0 Å². The summed E-state index contributed by atoms with van der Waals surface area (Å²) in [6.07, 6.45) is -0.715. The van der Waals surface area contributed by atoms with Gasteiger partial charge in [-0.3, -0.25) is 0 Å². The van der Waals surface area contributed by atoms with Gasteiger partial charge in [-0.1, -0.05) is 29.8 Å². The molecule has 0 unspecified atom stereocenters. The number of hydrogen-bond acceptors (Lipinski definition) is 4. The number of aryl methyl sites for hydroxylation is 2. The van der Waals surface area contributed by atoms with Crippen molar-refractivity contribution < 1.29 is 14.3 Å². The second-order valence-corrected chi connectivity index (χ2v) is 5.71. The summed E-state index contributed by atoms with van der Waals surface area (Å²) < 4.78 is 10.3. The minimum Gasteiger partial charge on any atom is -0.432 e. The lowest BCUT2D eigenvalue weighted by Gasteiger charge is -2.18. The Balaban J connectivity index is 1.82. The van der Waals surface area contributed by atoms with E-state index in [2.05, 4.69) is 0 Å². The maximum absolute atomic E-state index is 11.7. The Morgan fingerprint density at radius 3 is 2.35 bits per heavy atom. The Kier molecular flexibility index (Phi) is 5.88. The van der Waals surface area contributed by atoms with Gasteiger partial charge in [-0.15, -0.1) is 0 Å². The predicted molar refractivity (Wildman–Crippen MR) is 92.6 cm³/mol. The average Bonchev–Trinajstić information content (AvgIpc) is 2.53. The van der Waals surface area contributed by atoms with Crippen LogP contribution in [0.3, 0.4) is 0 Å². The summed E-state index contributed by atoms with van der Waals surface area (Å²) in [4.78, 5) is 13.7. The highest BCUT2D eigenvalue weighted by Crippen LogP contribution is 2.26. The van der Waals surface area contributed by atoms with Crippen LogP contribution in [0.1, 0.15) is 11.1 Å². The first-order valence-corrected chi connectivity index (χ1v) is 7.72. The fraction of sp³-hybridized carbons (Fsp3) is 0.278. The van der Waals surface area contributed by atoms with E-state index in [-0.39, 0.29) is 6.61 Å². The molecular formula is C18H20ClNO3. The number of nitrogens with zero attached hydrogens (tertiary/aromatic N) is 1. The first kappa shape index (κ1) is 17.2. The van der Waals surface area contributed by atoms with Crippen molar-refractivity contribution in [2.45, 2.75) is 13.8 Å². The summed E-state index contributed by atoms with van der Waals surface area (Å²) >= 11 is 6.09. The molecule has 0 amide bonds. The molecule has 0 aliphatic heterocycles. The van der Waals surface area contributed by atoms with E-state index in [0.717, 1.165) is 16.8 Å². The van der Waals surface area contributed by atoms with Crippen molar-refractivity contribution >= 4 is 23.4 Å². The minimum atomic E-state index is -0.715. The Morgan fingerprint density at radius 1 is 1.13 bits per heavy atom. The van der Waals surface area contributed by atoms with Crippen LogP contribution in [0.5, 0.6) is 5.75 Å². The van der Waals surface area contributed by atoms with Gasteiger partial charge in [-0.05, 0) is 49.2 Å². The summed E-state index contributed by atoms with van der Waals surface area (Å²) in [7, 11) is 1.94. The first-order valence-electron chi connectivity index (χ1n) is 7.35. The summed E-state index contributed by atoms with van der Waals surface area (Å²) in [5.74, 6) is 0.436. The molecule has 2 aromatic rings. The van der Waals surface area contributed by atoms with Crippen molar-refractivity contribution in [3.63, 3.8) is 0 Å². The van der Waals surface area contributed by atoms with Crippen molar-refractivity contribution in [2.24, 2.45) is 0 Å². The highest BCUT2D eigenvalue weighted by molar-refractivity contribution is 6.32. The smallest absolute Gasteiger partial charge is 0.432 e. The second-order valence-electron chi connectivity index (χ2n) is 5.33. The maximum atomic E-state index is 11.7. The van der Waals surface area contributed by atoms with Gasteiger partial charge in [0.15, 0.2) is 0 Å². The lowest BCUT2D eigenvalue weighted by atomic mass is 10.1. The number of ether oxygens (including phenoxy) is 2. The fourth-order valence-corrected chi connectivity index (χ4v) is 2.28. The highest BCUT2D eigenvalue weighted by Gasteiger charge is 2.10. The molecule has 0 aliphatic rings. The van der Waals surface area contributed by atoms with Gasteiger partial charge < -0.3 is 14.4 Å². The Morgan fingerprint density at radius 2 is 1.74 bits per heavy atom. The molecule has 2 rings (SSSR count). The Labute approximate surface area is 141 Å². The van der Waals surface area contributed by atoms with E-state index >= 15 is 0 Å². The topological polar surface area (TPSA) is 38.8 Å². The van der Waals surface area contributed by atoms with Crippen LogP contribution in [0.4, 0.5) is 10.5 Å². The average molecular weight is 334 g/mol. The third-order valence-corrected chi connectivity index (χ3v) is 4.05. The number of carbonyl (C=O) groups excluding carboxylic acids is 1. The van der Waals surface area contributed by atoms with Crippen LogP contribution in [0.15, 0.2) is 42.5 Å². The molecular weight excluding hydrogens is 314 g/mol. The molecule has 0 aliphatic carbocycles. The molecule has 2 aromatic carbocycles. The third-order valence-electron chi connectivity index (χ3n) is 3.45. The lowest BCUT2D eigenvalue weighted by molar-refractivity contribution is 0.102. The molecule has 0 atom stereocenters. The van der Waals surface area contributed by atoms with Crippen LogP contribution in [-0.4, -0.2) is 26.4 Å².